The fraction of sp³-hybridized carbons (Fsp3) is 0.375. The third-order valence-electron chi connectivity index (χ3n) is 6.20. The van der Waals surface area contributed by atoms with E-state index in [0.717, 1.165) is 6.54 Å². The number of carbonyl (C=O) groups is 1. The van der Waals surface area contributed by atoms with Crippen molar-refractivity contribution >= 4 is 17.5 Å². The van der Waals surface area contributed by atoms with Gasteiger partial charge < -0.3 is 10.1 Å². The summed E-state index contributed by atoms with van der Waals surface area (Å²) in [6, 6.07) is 7.59. The molecule has 1 amide bonds. The number of hydrogen-bond donors (Lipinski definition) is 1. The molecule has 3 heterocycles. The van der Waals surface area contributed by atoms with Crippen molar-refractivity contribution in [1.29, 1.82) is 0 Å². The Labute approximate surface area is 201 Å². The van der Waals surface area contributed by atoms with Gasteiger partial charge in [0.15, 0.2) is 0 Å². The van der Waals surface area contributed by atoms with Crippen molar-refractivity contribution in [2.24, 2.45) is 5.92 Å². The van der Waals surface area contributed by atoms with E-state index in [1.54, 1.807) is 35.0 Å². The maximum Gasteiger partial charge on any atom is 0.255 e. The van der Waals surface area contributed by atoms with Gasteiger partial charge in [0.05, 0.1) is 24.1 Å². The van der Waals surface area contributed by atoms with Crippen LogP contribution >= 0.6 is 11.6 Å². The zero-order valence-corrected chi connectivity index (χ0v) is 19.5. The van der Waals surface area contributed by atoms with E-state index in [1.807, 2.05) is 0 Å². The summed E-state index contributed by atoms with van der Waals surface area (Å²) in [5, 5.41) is 3.57. The number of rotatable bonds is 6. The minimum absolute atomic E-state index is 0.171. The summed E-state index contributed by atoms with van der Waals surface area (Å²) in [5.41, 5.74) is 1.21. The average molecular weight is 481 g/mol. The molecule has 1 unspecified atom stereocenters. The Hall–Kier alpha value is -3.30. The van der Waals surface area contributed by atoms with Crippen molar-refractivity contribution in [1.82, 2.24) is 29.7 Å². The number of carbonyl (C=O) groups excluding carboxylic acids is 1. The molecule has 1 aliphatic heterocycles. The fourth-order valence-electron chi connectivity index (χ4n) is 4.29. The SMILES string of the molecule is COc1cc(Cl)ccc1C(=O)NC1CN(CC2CC2)CCn2c1nc(-c1ccncn1)cc2=O. The summed E-state index contributed by atoms with van der Waals surface area (Å²) < 4.78 is 7.02. The number of nitrogens with zero attached hydrogens (tertiary/aromatic N) is 5. The van der Waals surface area contributed by atoms with Gasteiger partial charge >= 0.3 is 0 Å². The van der Waals surface area contributed by atoms with Gasteiger partial charge in [-0.2, -0.15) is 0 Å². The van der Waals surface area contributed by atoms with E-state index in [1.165, 1.54) is 32.3 Å². The van der Waals surface area contributed by atoms with Gasteiger partial charge in [0.1, 0.15) is 23.9 Å². The van der Waals surface area contributed by atoms with E-state index < -0.39 is 6.04 Å². The summed E-state index contributed by atoms with van der Waals surface area (Å²) in [5.74, 6) is 1.25. The van der Waals surface area contributed by atoms with Crippen LogP contribution in [0.3, 0.4) is 0 Å². The lowest BCUT2D eigenvalue weighted by Crippen LogP contribution is -2.39. The molecule has 34 heavy (non-hydrogen) atoms. The van der Waals surface area contributed by atoms with Crippen LogP contribution in [0.4, 0.5) is 0 Å². The highest BCUT2D eigenvalue weighted by Crippen LogP contribution is 2.31. The molecular weight excluding hydrogens is 456 g/mol. The Morgan fingerprint density at radius 3 is 2.79 bits per heavy atom. The Morgan fingerprint density at radius 2 is 2.06 bits per heavy atom. The Balaban J connectivity index is 1.52. The molecule has 2 aliphatic rings. The molecule has 10 heteroatoms. The summed E-state index contributed by atoms with van der Waals surface area (Å²) in [4.78, 5) is 41.7. The van der Waals surface area contributed by atoms with Crippen molar-refractivity contribution in [3.63, 3.8) is 0 Å². The zero-order chi connectivity index (χ0) is 23.7. The van der Waals surface area contributed by atoms with Gasteiger partial charge in [-0.15, -0.1) is 0 Å². The number of nitrogens with one attached hydrogen (secondary N) is 1. The number of hydrogen-bond acceptors (Lipinski definition) is 7. The number of aromatic nitrogens is 4. The topological polar surface area (TPSA) is 102 Å². The molecule has 9 nitrogen and oxygen atoms in total. The minimum Gasteiger partial charge on any atom is -0.496 e. The lowest BCUT2D eigenvalue weighted by molar-refractivity contribution is 0.0920. The smallest absolute Gasteiger partial charge is 0.255 e. The first-order chi connectivity index (χ1) is 16.5. The number of methoxy groups -OCH3 is 1. The largest absolute Gasteiger partial charge is 0.496 e. The second-order valence-electron chi connectivity index (χ2n) is 8.66. The molecule has 0 radical (unpaired) electrons. The Bertz CT molecular complexity index is 1260. The second-order valence-corrected chi connectivity index (χ2v) is 9.09. The van der Waals surface area contributed by atoms with Crippen molar-refractivity contribution in [3.05, 3.63) is 69.6 Å². The quantitative estimate of drug-likeness (QED) is 0.578. The van der Waals surface area contributed by atoms with Crippen LogP contribution in [-0.4, -0.2) is 57.1 Å². The van der Waals surface area contributed by atoms with Crippen LogP contribution in [0.5, 0.6) is 5.75 Å². The maximum atomic E-state index is 13.3. The minimum atomic E-state index is -0.497. The molecule has 1 atom stereocenters. The predicted molar refractivity (Wildman–Crippen MR) is 127 cm³/mol. The van der Waals surface area contributed by atoms with Crippen LogP contribution in [0.25, 0.3) is 11.4 Å². The van der Waals surface area contributed by atoms with Crippen LogP contribution in [0.15, 0.2) is 47.7 Å². The van der Waals surface area contributed by atoms with Crippen molar-refractivity contribution in [2.75, 3.05) is 26.7 Å². The molecule has 176 valence electrons. The molecule has 1 fully saturated rings. The molecule has 3 aromatic rings. The highest BCUT2D eigenvalue weighted by Gasteiger charge is 2.31. The monoisotopic (exact) mass is 480 g/mol. The standard InChI is InChI=1S/C24H25ClN6O3/c1-34-21-10-16(25)4-5-17(21)24(33)29-20-13-30(12-15-2-3-15)8-9-31-22(32)11-19(28-23(20)31)18-6-7-26-14-27-18/h4-7,10-11,14-15,20H,2-3,8-9,12-13H2,1H3,(H,29,33). The first-order valence-electron chi connectivity index (χ1n) is 11.3. The summed E-state index contributed by atoms with van der Waals surface area (Å²) in [7, 11) is 1.50. The molecule has 0 bridgehead atoms. The third kappa shape index (κ3) is 4.80. The molecule has 1 aromatic carbocycles. The van der Waals surface area contributed by atoms with Gasteiger partial charge in [0, 0.05) is 43.5 Å². The summed E-state index contributed by atoms with van der Waals surface area (Å²) in [6.45, 7) is 2.72. The maximum absolute atomic E-state index is 13.3. The van der Waals surface area contributed by atoms with Crippen LogP contribution in [0, 0.1) is 5.92 Å². The normalized spacial score (nSPS) is 18.1. The van der Waals surface area contributed by atoms with Crippen LogP contribution in [-0.2, 0) is 6.54 Å². The molecule has 5 rings (SSSR count). The van der Waals surface area contributed by atoms with Crippen LogP contribution in [0.1, 0.15) is 35.1 Å². The number of fused-ring (bicyclic) bond motifs is 1. The van der Waals surface area contributed by atoms with Crippen molar-refractivity contribution in [2.45, 2.75) is 25.4 Å². The van der Waals surface area contributed by atoms with E-state index in [2.05, 4.69) is 20.2 Å². The van der Waals surface area contributed by atoms with E-state index in [-0.39, 0.29) is 11.5 Å². The highest BCUT2D eigenvalue weighted by atomic mass is 35.5. The zero-order valence-electron chi connectivity index (χ0n) is 18.8. The predicted octanol–water partition coefficient (Wildman–Crippen LogP) is 2.56. The molecular formula is C24H25ClN6O3. The van der Waals surface area contributed by atoms with Gasteiger partial charge in [-0.25, -0.2) is 15.0 Å². The van der Waals surface area contributed by atoms with Gasteiger partial charge in [-0.1, -0.05) is 11.6 Å². The van der Waals surface area contributed by atoms with Gasteiger partial charge in [-0.3, -0.25) is 19.1 Å². The van der Waals surface area contributed by atoms with Crippen molar-refractivity contribution < 1.29 is 9.53 Å². The van der Waals surface area contributed by atoms with Gasteiger partial charge in [0.25, 0.3) is 11.5 Å². The molecule has 0 saturated heterocycles. The molecule has 1 N–H and O–H groups in total. The van der Waals surface area contributed by atoms with Gasteiger partial charge in [0.2, 0.25) is 0 Å². The first kappa shape index (κ1) is 22.5. The lowest BCUT2D eigenvalue weighted by atomic mass is 10.1. The third-order valence-corrected chi connectivity index (χ3v) is 6.44. The van der Waals surface area contributed by atoms with Crippen LogP contribution in [0.2, 0.25) is 5.02 Å². The first-order valence-corrected chi connectivity index (χ1v) is 11.6. The average Bonchev–Trinajstić information content (AvgIpc) is 3.67. The van der Waals surface area contributed by atoms with E-state index >= 15 is 0 Å². The van der Waals surface area contributed by atoms with E-state index in [0.29, 0.717) is 59.1 Å². The second kappa shape index (κ2) is 9.52. The number of halogens is 1. The van der Waals surface area contributed by atoms with E-state index in [4.69, 9.17) is 21.3 Å². The Morgan fingerprint density at radius 1 is 1.21 bits per heavy atom. The van der Waals surface area contributed by atoms with Gasteiger partial charge in [-0.05, 0) is 43.0 Å². The molecule has 2 aromatic heterocycles. The number of ether oxygens (including phenoxy) is 1. The molecule has 0 spiro atoms. The summed E-state index contributed by atoms with van der Waals surface area (Å²) >= 11 is 6.07. The highest BCUT2D eigenvalue weighted by molar-refractivity contribution is 6.30. The van der Waals surface area contributed by atoms with Crippen molar-refractivity contribution in [3.8, 4) is 17.1 Å². The van der Waals surface area contributed by atoms with Crippen LogP contribution < -0.4 is 15.6 Å². The number of benzene rings is 1. The summed E-state index contributed by atoms with van der Waals surface area (Å²) in [6.07, 6.45) is 5.47. The molecule has 1 aliphatic carbocycles. The number of amides is 1. The van der Waals surface area contributed by atoms with E-state index in [9.17, 15) is 9.59 Å². The molecule has 1 saturated carbocycles. The Kier molecular flexibility index (Phi) is 6.30. The fourth-order valence-corrected chi connectivity index (χ4v) is 4.45. The lowest BCUT2D eigenvalue weighted by Gasteiger charge is -2.25.